The quantitative estimate of drug-likeness (QED) is 0.817. The average Bonchev–Trinajstić information content (AvgIpc) is 2.47. The van der Waals surface area contributed by atoms with Crippen LogP contribution in [0.25, 0.3) is 0 Å². The molecule has 0 unspecified atom stereocenters. The molecule has 0 aromatic heterocycles. The number of phenols is 1. The SMILES string of the molecule is CC1(C)OB(c2cc(C(=O)O)c(O)cc2Cl)OC1(C)C. The summed E-state index contributed by atoms with van der Waals surface area (Å²) < 4.78 is 11.6. The van der Waals surface area contributed by atoms with Crippen LogP contribution in [-0.4, -0.2) is 34.5 Å². The van der Waals surface area contributed by atoms with Gasteiger partial charge in [-0.05, 0) is 39.8 Å². The van der Waals surface area contributed by atoms with Crippen molar-refractivity contribution in [2.45, 2.75) is 38.9 Å². The first-order valence-corrected chi connectivity index (χ1v) is 6.54. The molecule has 108 valence electrons. The minimum Gasteiger partial charge on any atom is -0.507 e. The van der Waals surface area contributed by atoms with Crippen LogP contribution in [0.1, 0.15) is 38.1 Å². The van der Waals surface area contributed by atoms with Crippen LogP contribution in [0.2, 0.25) is 5.02 Å². The molecule has 1 fully saturated rings. The summed E-state index contributed by atoms with van der Waals surface area (Å²) in [6.45, 7) is 7.55. The second kappa shape index (κ2) is 4.65. The zero-order valence-corrected chi connectivity index (χ0v) is 12.5. The van der Waals surface area contributed by atoms with Gasteiger partial charge in [-0.3, -0.25) is 0 Å². The number of hydrogen-bond acceptors (Lipinski definition) is 4. The molecule has 0 bridgehead atoms. The highest BCUT2D eigenvalue weighted by Crippen LogP contribution is 2.37. The van der Waals surface area contributed by atoms with Crippen LogP contribution in [0.15, 0.2) is 12.1 Å². The van der Waals surface area contributed by atoms with Crippen LogP contribution in [0.5, 0.6) is 5.75 Å². The van der Waals surface area contributed by atoms with E-state index in [-0.39, 0.29) is 16.3 Å². The van der Waals surface area contributed by atoms with Gasteiger partial charge in [-0.25, -0.2) is 4.79 Å². The van der Waals surface area contributed by atoms with E-state index in [2.05, 4.69) is 0 Å². The first kappa shape index (κ1) is 15.2. The molecule has 2 rings (SSSR count). The smallest absolute Gasteiger partial charge is 0.496 e. The third-order valence-electron chi connectivity index (χ3n) is 3.85. The third-order valence-corrected chi connectivity index (χ3v) is 4.18. The molecule has 0 saturated carbocycles. The van der Waals surface area contributed by atoms with Crippen molar-refractivity contribution in [1.82, 2.24) is 0 Å². The van der Waals surface area contributed by atoms with Gasteiger partial charge in [0.25, 0.3) is 0 Å². The Morgan fingerprint density at radius 1 is 1.20 bits per heavy atom. The van der Waals surface area contributed by atoms with Gasteiger partial charge < -0.3 is 19.5 Å². The average molecular weight is 299 g/mol. The lowest BCUT2D eigenvalue weighted by atomic mass is 9.78. The third kappa shape index (κ3) is 2.39. The van der Waals surface area contributed by atoms with Crippen LogP contribution in [0.3, 0.4) is 0 Å². The second-order valence-corrected chi connectivity index (χ2v) is 6.19. The van der Waals surface area contributed by atoms with Crippen LogP contribution in [0, 0.1) is 0 Å². The van der Waals surface area contributed by atoms with Gasteiger partial charge in [-0.15, -0.1) is 0 Å². The summed E-state index contributed by atoms with van der Waals surface area (Å²) >= 11 is 6.06. The highest BCUT2D eigenvalue weighted by atomic mass is 35.5. The fourth-order valence-corrected chi connectivity index (χ4v) is 2.15. The van der Waals surface area contributed by atoms with Crippen molar-refractivity contribution in [3.8, 4) is 5.75 Å². The summed E-state index contributed by atoms with van der Waals surface area (Å²) in [5, 5.41) is 18.8. The van der Waals surface area contributed by atoms with E-state index in [0.29, 0.717) is 5.46 Å². The van der Waals surface area contributed by atoms with E-state index in [4.69, 9.17) is 26.0 Å². The number of carboxylic acids is 1. The van der Waals surface area contributed by atoms with Gasteiger partial charge in [0.2, 0.25) is 0 Å². The van der Waals surface area contributed by atoms with Crippen molar-refractivity contribution >= 4 is 30.2 Å². The number of aromatic hydroxyl groups is 1. The monoisotopic (exact) mass is 298 g/mol. The Hall–Kier alpha value is -1.24. The van der Waals surface area contributed by atoms with Gasteiger partial charge in [0.1, 0.15) is 11.3 Å². The lowest BCUT2D eigenvalue weighted by Gasteiger charge is -2.32. The number of carboxylic acid groups (broad SMARTS) is 1. The number of aromatic carboxylic acids is 1. The molecular weight excluding hydrogens is 282 g/mol. The minimum absolute atomic E-state index is 0.200. The first-order chi connectivity index (χ1) is 9.05. The summed E-state index contributed by atoms with van der Waals surface area (Å²) in [6, 6.07) is 2.47. The minimum atomic E-state index is -1.24. The number of halogens is 1. The summed E-state index contributed by atoms with van der Waals surface area (Å²) in [5.41, 5.74) is -0.954. The molecule has 1 aliphatic heterocycles. The Labute approximate surface area is 122 Å². The van der Waals surface area contributed by atoms with Crippen LogP contribution in [-0.2, 0) is 9.31 Å². The van der Waals surface area contributed by atoms with Gasteiger partial charge in [0.15, 0.2) is 0 Å². The Morgan fingerprint density at radius 2 is 1.70 bits per heavy atom. The zero-order valence-electron chi connectivity index (χ0n) is 11.7. The normalized spacial score (nSPS) is 20.1. The Balaban J connectivity index is 2.45. The topological polar surface area (TPSA) is 76.0 Å². The van der Waals surface area contributed by atoms with Gasteiger partial charge in [0, 0.05) is 10.5 Å². The number of hydrogen-bond donors (Lipinski definition) is 2. The highest BCUT2D eigenvalue weighted by Gasteiger charge is 2.52. The van der Waals surface area contributed by atoms with E-state index in [9.17, 15) is 9.90 Å². The van der Waals surface area contributed by atoms with E-state index < -0.39 is 24.3 Å². The Morgan fingerprint density at radius 3 is 2.15 bits per heavy atom. The maximum Gasteiger partial charge on any atom is 0.496 e. The predicted octanol–water partition coefficient (Wildman–Crippen LogP) is 2.04. The van der Waals surface area contributed by atoms with E-state index in [0.717, 1.165) is 0 Å². The molecule has 7 heteroatoms. The molecule has 0 atom stereocenters. The van der Waals surface area contributed by atoms with Crippen molar-refractivity contribution in [2.75, 3.05) is 0 Å². The zero-order chi connectivity index (χ0) is 15.3. The van der Waals surface area contributed by atoms with E-state index in [1.54, 1.807) is 0 Å². The summed E-state index contributed by atoms with van der Waals surface area (Å²) in [7, 11) is -0.772. The highest BCUT2D eigenvalue weighted by molar-refractivity contribution is 6.65. The van der Waals surface area contributed by atoms with E-state index in [1.165, 1.54) is 12.1 Å². The van der Waals surface area contributed by atoms with Crippen molar-refractivity contribution in [2.24, 2.45) is 0 Å². The van der Waals surface area contributed by atoms with Crippen molar-refractivity contribution in [3.05, 3.63) is 22.7 Å². The molecule has 5 nitrogen and oxygen atoms in total. The fourth-order valence-electron chi connectivity index (χ4n) is 1.90. The summed E-state index contributed by atoms with van der Waals surface area (Å²) in [4.78, 5) is 11.1. The van der Waals surface area contributed by atoms with Gasteiger partial charge in [-0.2, -0.15) is 0 Å². The van der Waals surface area contributed by atoms with Crippen LogP contribution in [0.4, 0.5) is 0 Å². The van der Waals surface area contributed by atoms with Crippen molar-refractivity contribution in [3.63, 3.8) is 0 Å². The van der Waals surface area contributed by atoms with Crippen molar-refractivity contribution in [1.29, 1.82) is 0 Å². The first-order valence-electron chi connectivity index (χ1n) is 6.16. The number of benzene rings is 1. The molecule has 2 N–H and O–H groups in total. The Kier molecular flexibility index (Phi) is 3.53. The maximum atomic E-state index is 11.1. The molecule has 0 amide bonds. The fraction of sp³-hybridized carbons (Fsp3) is 0.462. The summed E-state index contributed by atoms with van der Waals surface area (Å²) in [5.74, 6) is -1.63. The van der Waals surface area contributed by atoms with Crippen LogP contribution >= 0.6 is 11.6 Å². The van der Waals surface area contributed by atoms with E-state index >= 15 is 0 Å². The number of carbonyl (C=O) groups is 1. The largest absolute Gasteiger partial charge is 0.507 e. The molecule has 0 spiro atoms. The lowest BCUT2D eigenvalue weighted by molar-refractivity contribution is 0.00578. The summed E-state index contributed by atoms with van der Waals surface area (Å²) in [6.07, 6.45) is 0. The standard InChI is InChI=1S/C13H16BClO5/c1-12(2)13(3,4)20-14(19-12)8-5-7(11(17)18)10(16)6-9(8)15/h5-6,16H,1-4H3,(H,17,18). The molecule has 0 aliphatic carbocycles. The van der Waals surface area contributed by atoms with Gasteiger partial charge >= 0.3 is 13.1 Å². The van der Waals surface area contributed by atoms with E-state index in [1.807, 2.05) is 27.7 Å². The molecule has 1 saturated heterocycles. The Bertz CT molecular complexity index is 554. The molecule has 1 heterocycles. The maximum absolute atomic E-state index is 11.1. The lowest BCUT2D eigenvalue weighted by Crippen LogP contribution is -2.41. The second-order valence-electron chi connectivity index (χ2n) is 5.78. The molecule has 1 aliphatic rings. The van der Waals surface area contributed by atoms with Gasteiger partial charge in [0.05, 0.1) is 11.2 Å². The molecular formula is C13H16BClO5. The van der Waals surface area contributed by atoms with Crippen molar-refractivity contribution < 1.29 is 24.3 Å². The number of rotatable bonds is 2. The molecule has 0 radical (unpaired) electrons. The van der Waals surface area contributed by atoms with Crippen LogP contribution < -0.4 is 5.46 Å². The predicted molar refractivity (Wildman–Crippen MR) is 75.8 cm³/mol. The molecule has 1 aromatic rings. The molecule has 1 aromatic carbocycles. The molecule has 20 heavy (non-hydrogen) atoms. The van der Waals surface area contributed by atoms with Gasteiger partial charge in [-0.1, -0.05) is 11.6 Å².